The summed E-state index contributed by atoms with van der Waals surface area (Å²) >= 11 is 0. The lowest BCUT2D eigenvalue weighted by Crippen LogP contribution is -2.41. The van der Waals surface area contributed by atoms with E-state index in [1.165, 1.54) is 0 Å². The summed E-state index contributed by atoms with van der Waals surface area (Å²) in [5.74, 6) is 1.60. The molecular formula is C17H27N3O. The number of pyridine rings is 1. The van der Waals surface area contributed by atoms with Crippen LogP contribution < -0.4 is 5.32 Å². The molecule has 1 aromatic rings. The topological polar surface area (TPSA) is 45.2 Å². The predicted molar refractivity (Wildman–Crippen MR) is 86.5 cm³/mol. The summed E-state index contributed by atoms with van der Waals surface area (Å²) in [6.45, 7) is 11.4. The molecule has 1 N–H and O–H groups in total. The van der Waals surface area contributed by atoms with Gasteiger partial charge in [-0.25, -0.2) is 4.98 Å². The van der Waals surface area contributed by atoms with Crippen LogP contribution in [0.15, 0.2) is 18.3 Å². The van der Waals surface area contributed by atoms with Gasteiger partial charge >= 0.3 is 0 Å². The minimum Gasteiger partial charge on any atom is -0.370 e. The number of piperidine rings is 1. The number of carbonyl (C=O) groups excluding carboxylic acids is 1. The number of anilines is 1. The summed E-state index contributed by atoms with van der Waals surface area (Å²) in [6.07, 6.45) is 3.90. The number of aromatic nitrogens is 1. The summed E-state index contributed by atoms with van der Waals surface area (Å²) in [6, 6.07) is 3.65. The van der Waals surface area contributed by atoms with Gasteiger partial charge in [-0.1, -0.05) is 20.8 Å². The fraction of sp³-hybridized carbons (Fsp3) is 0.647. The molecule has 0 radical (unpaired) electrons. The van der Waals surface area contributed by atoms with Crippen LogP contribution in [0.5, 0.6) is 0 Å². The average Bonchev–Trinajstić information content (AvgIpc) is 2.46. The highest BCUT2D eigenvalue weighted by Gasteiger charge is 2.30. The monoisotopic (exact) mass is 289 g/mol. The lowest BCUT2D eigenvalue weighted by Gasteiger charge is -2.38. The Bertz CT molecular complexity index is 485. The van der Waals surface area contributed by atoms with E-state index in [0.29, 0.717) is 11.3 Å². The van der Waals surface area contributed by atoms with Crippen molar-refractivity contribution in [2.45, 2.75) is 40.5 Å². The van der Waals surface area contributed by atoms with Gasteiger partial charge in [0.15, 0.2) is 0 Å². The summed E-state index contributed by atoms with van der Waals surface area (Å²) in [4.78, 5) is 18.8. The number of hydrogen-bond donors (Lipinski definition) is 1. The summed E-state index contributed by atoms with van der Waals surface area (Å²) in [5, 5.41) is 3.15. The second-order valence-electron chi connectivity index (χ2n) is 6.89. The number of rotatable bonds is 3. The molecule has 0 aliphatic carbocycles. The highest BCUT2D eigenvalue weighted by Crippen LogP contribution is 2.34. The number of likely N-dealkylation sites (tertiary alicyclic amines) is 1. The Morgan fingerprint density at radius 3 is 2.62 bits per heavy atom. The second-order valence-corrected chi connectivity index (χ2v) is 6.89. The predicted octanol–water partition coefficient (Wildman–Crippen LogP) is 3.41. The molecule has 0 aromatic carbocycles. The van der Waals surface area contributed by atoms with Crippen molar-refractivity contribution < 1.29 is 4.79 Å². The minimum atomic E-state index is 0.129. The third-order valence-electron chi connectivity index (χ3n) is 4.37. The Morgan fingerprint density at radius 1 is 1.38 bits per heavy atom. The summed E-state index contributed by atoms with van der Waals surface area (Å²) in [5.41, 5.74) is 1.07. The molecule has 1 aromatic heterocycles. The van der Waals surface area contributed by atoms with E-state index >= 15 is 0 Å². The Kier molecular flexibility index (Phi) is 4.86. The van der Waals surface area contributed by atoms with Crippen LogP contribution in [-0.4, -0.2) is 35.4 Å². The van der Waals surface area contributed by atoms with Crippen molar-refractivity contribution in [3.63, 3.8) is 0 Å². The molecule has 0 unspecified atom stereocenters. The average molecular weight is 289 g/mol. The van der Waals surface area contributed by atoms with Crippen LogP contribution in [0.3, 0.4) is 0 Å². The quantitative estimate of drug-likeness (QED) is 0.927. The van der Waals surface area contributed by atoms with Crippen molar-refractivity contribution in [3.05, 3.63) is 23.9 Å². The Balaban J connectivity index is 2.00. The first-order valence-corrected chi connectivity index (χ1v) is 7.91. The molecular weight excluding hydrogens is 262 g/mol. The standard InChI is InChI=1S/C17H27N3O/c1-5-18-15-12-13(6-9-19-15)16(21)20-10-7-14(8-11-20)17(2,3)4/h6,9,12,14H,5,7-8,10-11H2,1-4H3,(H,18,19). The molecule has 0 bridgehead atoms. The van der Waals surface area contributed by atoms with E-state index < -0.39 is 0 Å². The summed E-state index contributed by atoms with van der Waals surface area (Å²) in [7, 11) is 0. The van der Waals surface area contributed by atoms with Crippen molar-refractivity contribution in [2.24, 2.45) is 11.3 Å². The van der Waals surface area contributed by atoms with E-state index in [9.17, 15) is 4.79 Å². The first-order chi connectivity index (χ1) is 9.91. The maximum absolute atomic E-state index is 12.6. The fourth-order valence-corrected chi connectivity index (χ4v) is 2.97. The Hall–Kier alpha value is -1.58. The zero-order valence-electron chi connectivity index (χ0n) is 13.6. The maximum Gasteiger partial charge on any atom is 0.254 e. The number of amides is 1. The van der Waals surface area contributed by atoms with Crippen LogP contribution in [0.4, 0.5) is 5.82 Å². The lowest BCUT2D eigenvalue weighted by molar-refractivity contribution is 0.0608. The highest BCUT2D eigenvalue weighted by molar-refractivity contribution is 5.94. The van der Waals surface area contributed by atoms with Gasteiger partial charge < -0.3 is 10.2 Å². The van der Waals surface area contributed by atoms with E-state index in [4.69, 9.17) is 0 Å². The van der Waals surface area contributed by atoms with E-state index in [0.717, 1.165) is 43.9 Å². The van der Waals surface area contributed by atoms with Crippen LogP contribution in [0, 0.1) is 11.3 Å². The van der Waals surface area contributed by atoms with Gasteiger partial charge in [-0.3, -0.25) is 4.79 Å². The van der Waals surface area contributed by atoms with E-state index in [2.05, 4.69) is 31.1 Å². The zero-order chi connectivity index (χ0) is 15.5. The third-order valence-corrected chi connectivity index (χ3v) is 4.37. The van der Waals surface area contributed by atoms with Gasteiger partial charge in [-0.15, -0.1) is 0 Å². The molecule has 4 nitrogen and oxygen atoms in total. The van der Waals surface area contributed by atoms with Crippen molar-refractivity contribution in [1.82, 2.24) is 9.88 Å². The van der Waals surface area contributed by atoms with Crippen molar-refractivity contribution in [3.8, 4) is 0 Å². The Labute approximate surface area is 127 Å². The molecule has 2 heterocycles. The molecule has 2 rings (SSSR count). The molecule has 0 saturated carbocycles. The van der Waals surface area contributed by atoms with Gasteiger partial charge in [0.25, 0.3) is 5.91 Å². The first kappa shape index (κ1) is 15.8. The van der Waals surface area contributed by atoms with Gasteiger partial charge in [0.05, 0.1) is 0 Å². The normalized spacial score (nSPS) is 16.9. The van der Waals surface area contributed by atoms with Gasteiger partial charge in [0.1, 0.15) is 5.82 Å². The first-order valence-electron chi connectivity index (χ1n) is 7.91. The number of carbonyl (C=O) groups is 1. The maximum atomic E-state index is 12.6. The van der Waals surface area contributed by atoms with Gasteiger partial charge in [0, 0.05) is 31.4 Å². The molecule has 116 valence electrons. The Morgan fingerprint density at radius 2 is 2.05 bits per heavy atom. The molecule has 1 fully saturated rings. The van der Waals surface area contributed by atoms with Gasteiger partial charge in [0.2, 0.25) is 0 Å². The van der Waals surface area contributed by atoms with E-state index in [1.54, 1.807) is 12.3 Å². The molecule has 0 spiro atoms. The van der Waals surface area contributed by atoms with Crippen LogP contribution in [0.1, 0.15) is 50.9 Å². The van der Waals surface area contributed by atoms with Crippen LogP contribution >= 0.6 is 0 Å². The second kappa shape index (κ2) is 6.46. The molecule has 1 saturated heterocycles. The van der Waals surface area contributed by atoms with E-state index in [1.807, 2.05) is 17.9 Å². The minimum absolute atomic E-state index is 0.129. The van der Waals surface area contributed by atoms with Crippen molar-refractivity contribution in [2.75, 3.05) is 25.0 Å². The van der Waals surface area contributed by atoms with Crippen molar-refractivity contribution >= 4 is 11.7 Å². The summed E-state index contributed by atoms with van der Waals surface area (Å²) < 4.78 is 0. The third kappa shape index (κ3) is 3.96. The SMILES string of the molecule is CCNc1cc(C(=O)N2CCC(C(C)(C)C)CC2)ccn1. The zero-order valence-corrected chi connectivity index (χ0v) is 13.6. The highest BCUT2D eigenvalue weighted by atomic mass is 16.2. The number of nitrogens with one attached hydrogen (secondary N) is 1. The fourth-order valence-electron chi connectivity index (χ4n) is 2.97. The smallest absolute Gasteiger partial charge is 0.254 e. The largest absolute Gasteiger partial charge is 0.370 e. The molecule has 21 heavy (non-hydrogen) atoms. The molecule has 4 heteroatoms. The molecule has 1 aliphatic rings. The van der Waals surface area contributed by atoms with Crippen LogP contribution in [0.2, 0.25) is 0 Å². The molecule has 1 amide bonds. The van der Waals surface area contributed by atoms with Crippen LogP contribution in [-0.2, 0) is 0 Å². The number of hydrogen-bond acceptors (Lipinski definition) is 3. The van der Waals surface area contributed by atoms with Crippen molar-refractivity contribution in [1.29, 1.82) is 0 Å². The number of nitrogens with zero attached hydrogens (tertiary/aromatic N) is 2. The van der Waals surface area contributed by atoms with E-state index in [-0.39, 0.29) is 5.91 Å². The van der Waals surface area contributed by atoms with Gasteiger partial charge in [-0.05, 0) is 43.2 Å². The lowest BCUT2D eigenvalue weighted by atomic mass is 9.75. The van der Waals surface area contributed by atoms with Gasteiger partial charge in [-0.2, -0.15) is 0 Å². The molecule has 0 atom stereocenters. The molecule has 1 aliphatic heterocycles. The van der Waals surface area contributed by atoms with Crippen LogP contribution in [0.25, 0.3) is 0 Å².